The first-order valence-electron chi connectivity index (χ1n) is 6.20. The topological polar surface area (TPSA) is 68.2 Å². The van der Waals surface area contributed by atoms with Crippen molar-refractivity contribution in [1.82, 2.24) is 4.90 Å². The molecular weight excluding hydrogens is 238 g/mol. The van der Waals surface area contributed by atoms with Crippen LogP contribution in [0.1, 0.15) is 6.42 Å². The Bertz CT molecular complexity index is 291. The van der Waals surface area contributed by atoms with Crippen LogP contribution in [0.4, 0.5) is 0 Å². The van der Waals surface area contributed by atoms with Crippen molar-refractivity contribution in [3.63, 3.8) is 0 Å². The van der Waals surface area contributed by atoms with Crippen LogP contribution in [0.5, 0.6) is 0 Å². The molecule has 0 spiro atoms. The van der Waals surface area contributed by atoms with Crippen molar-refractivity contribution in [3.8, 4) is 0 Å². The van der Waals surface area contributed by atoms with Gasteiger partial charge in [-0.15, -0.1) is 0 Å². The standard InChI is InChI=1S/C12H21NO5/c1-16-9-5-13(6-10(9)17-2)7-12(11(14)15)3-4-18-8-12/h9-10H,3-8H2,1-2H3,(H,14,15). The number of nitrogens with zero attached hydrogens (tertiary/aromatic N) is 1. The minimum Gasteiger partial charge on any atom is -0.481 e. The van der Waals surface area contributed by atoms with Gasteiger partial charge >= 0.3 is 5.97 Å². The van der Waals surface area contributed by atoms with E-state index >= 15 is 0 Å². The van der Waals surface area contributed by atoms with Gasteiger partial charge in [0.1, 0.15) is 5.41 Å². The Morgan fingerprint density at radius 3 is 2.39 bits per heavy atom. The molecule has 0 bridgehead atoms. The van der Waals surface area contributed by atoms with Gasteiger partial charge in [-0.3, -0.25) is 9.69 Å². The van der Waals surface area contributed by atoms with Crippen LogP contribution in [-0.2, 0) is 19.0 Å². The van der Waals surface area contributed by atoms with Crippen LogP contribution < -0.4 is 0 Å². The van der Waals surface area contributed by atoms with Gasteiger partial charge in [-0.2, -0.15) is 0 Å². The largest absolute Gasteiger partial charge is 0.481 e. The van der Waals surface area contributed by atoms with Crippen LogP contribution in [0.25, 0.3) is 0 Å². The molecule has 3 atom stereocenters. The minimum absolute atomic E-state index is 0.0168. The molecule has 0 aromatic heterocycles. The van der Waals surface area contributed by atoms with Crippen molar-refractivity contribution in [2.45, 2.75) is 18.6 Å². The zero-order valence-corrected chi connectivity index (χ0v) is 10.9. The summed E-state index contributed by atoms with van der Waals surface area (Å²) in [5.41, 5.74) is -0.763. The Kier molecular flexibility index (Phi) is 4.21. The number of carboxylic acids is 1. The molecular formula is C12H21NO5. The zero-order valence-electron chi connectivity index (χ0n) is 10.9. The second-order valence-electron chi connectivity index (χ2n) is 5.13. The summed E-state index contributed by atoms with van der Waals surface area (Å²) in [4.78, 5) is 13.5. The third-order valence-corrected chi connectivity index (χ3v) is 3.98. The van der Waals surface area contributed by atoms with Crippen molar-refractivity contribution >= 4 is 5.97 Å². The highest BCUT2D eigenvalue weighted by Gasteiger charge is 2.46. The molecule has 0 amide bonds. The Morgan fingerprint density at radius 2 is 2.00 bits per heavy atom. The molecule has 0 saturated carbocycles. The van der Waals surface area contributed by atoms with E-state index in [9.17, 15) is 9.90 Å². The van der Waals surface area contributed by atoms with Gasteiger partial charge in [0.25, 0.3) is 0 Å². The maximum absolute atomic E-state index is 11.4. The molecule has 2 saturated heterocycles. The average Bonchev–Trinajstić information content (AvgIpc) is 2.96. The maximum atomic E-state index is 11.4. The summed E-state index contributed by atoms with van der Waals surface area (Å²) in [6.07, 6.45) is 0.611. The van der Waals surface area contributed by atoms with E-state index in [4.69, 9.17) is 14.2 Å². The number of aliphatic carboxylic acids is 1. The summed E-state index contributed by atoms with van der Waals surface area (Å²) in [6, 6.07) is 0. The molecule has 2 aliphatic rings. The Balaban J connectivity index is 1.99. The molecule has 2 heterocycles. The smallest absolute Gasteiger partial charge is 0.313 e. The number of hydrogen-bond donors (Lipinski definition) is 1. The molecule has 18 heavy (non-hydrogen) atoms. The van der Waals surface area contributed by atoms with Crippen LogP contribution in [0.15, 0.2) is 0 Å². The molecule has 0 radical (unpaired) electrons. The predicted molar refractivity (Wildman–Crippen MR) is 63.5 cm³/mol. The molecule has 0 aromatic rings. The molecule has 104 valence electrons. The summed E-state index contributed by atoms with van der Waals surface area (Å²) in [5, 5.41) is 9.40. The number of carboxylic acid groups (broad SMARTS) is 1. The normalized spacial score (nSPS) is 37.2. The monoisotopic (exact) mass is 259 g/mol. The fraction of sp³-hybridized carbons (Fsp3) is 0.917. The van der Waals surface area contributed by atoms with Crippen LogP contribution in [-0.4, -0.2) is 75.3 Å². The third kappa shape index (κ3) is 2.51. The summed E-state index contributed by atoms with van der Waals surface area (Å²) in [6.45, 7) is 2.76. The zero-order chi connectivity index (χ0) is 13.2. The van der Waals surface area contributed by atoms with E-state index in [0.717, 1.165) is 0 Å². The highest BCUT2D eigenvalue weighted by molar-refractivity contribution is 5.75. The van der Waals surface area contributed by atoms with Crippen molar-refractivity contribution in [2.75, 3.05) is 47.1 Å². The van der Waals surface area contributed by atoms with E-state index in [-0.39, 0.29) is 12.2 Å². The van der Waals surface area contributed by atoms with E-state index in [1.165, 1.54) is 0 Å². The van der Waals surface area contributed by atoms with Crippen molar-refractivity contribution in [1.29, 1.82) is 0 Å². The molecule has 0 aliphatic carbocycles. The molecule has 6 nitrogen and oxygen atoms in total. The second-order valence-corrected chi connectivity index (χ2v) is 5.13. The van der Waals surface area contributed by atoms with Gasteiger partial charge in [-0.1, -0.05) is 0 Å². The van der Waals surface area contributed by atoms with Gasteiger partial charge in [-0.05, 0) is 6.42 Å². The summed E-state index contributed by atoms with van der Waals surface area (Å²) in [5.74, 6) is -0.769. The van der Waals surface area contributed by atoms with Gasteiger partial charge in [0, 0.05) is 40.5 Å². The Morgan fingerprint density at radius 1 is 1.39 bits per heavy atom. The molecule has 0 aromatic carbocycles. The number of carbonyl (C=O) groups is 1. The van der Waals surface area contributed by atoms with Crippen LogP contribution in [0.3, 0.4) is 0 Å². The number of ether oxygens (including phenoxy) is 3. The highest BCUT2D eigenvalue weighted by atomic mass is 16.5. The van der Waals surface area contributed by atoms with E-state index in [1.54, 1.807) is 14.2 Å². The molecule has 3 unspecified atom stereocenters. The molecule has 2 fully saturated rings. The first kappa shape index (κ1) is 13.7. The van der Waals surface area contributed by atoms with E-state index < -0.39 is 11.4 Å². The summed E-state index contributed by atoms with van der Waals surface area (Å²) < 4.78 is 16.0. The fourth-order valence-corrected chi connectivity index (χ4v) is 2.80. The SMILES string of the molecule is COC1CN(CC2(C(=O)O)CCOC2)CC1OC. The Hall–Kier alpha value is -0.690. The lowest BCUT2D eigenvalue weighted by Gasteiger charge is -2.27. The lowest BCUT2D eigenvalue weighted by atomic mass is 9.87. The molecule has 2 rings (SSSR count). The van der Waals surface area contributed by atoms with Crippen molar-refractivity contribution < 1.29 is 24.1 Å². The summed E-state index contributed by atoms with van der Waals surface area (Å²) >= 11 is 0. The molecule has 2 aliphatic heterocycles. The van der Waals surface area contributed by atoms with Crippen LogP contribution in [0.2, 0.25) is 0 Å². The maximum Gasteiger partial charge on any atom is 0.313 e. The minimum atomic E-state index is -0.769. The van der Waals surface area contributed by atoms with E-state index in [1.807, 2.05) is 0 Å². The van der Waals surface area contributed by atoms with Crippen LogP contribution >= 0.6 is 0 Å². The number of likely N-dealkylation sites (tertiary alicyclic amines) is 1. The first-order chi connectivity index (χ1) is 8.61. The second kappa shape index (κ2) is 5.52. The summed E-state index contributed by atoms with van der Waals surface area (Å²) in [7, 11) is 3.32. The lowest BCUT2D eigenvalue weighted by Crippen LogP contribution is -2.43. The lowest BCUT2D eigenvalue weighted by molar-refractivity contribution is -0.150. The predicted octanol–water partition coefficient (Wildman–Crippen LogP) is -0.177. The van der Waals surface area contributed by atoms with E-state index in [2.05, 4.69) is 4.90 Å². The van der Waals surface area contributed by atoms with Gasteiger partial charge in [0.05, 0.1) is 18.8 Å². The number of rotatable bonds is 5. The highest BCUT2D eigenvalue weighted by Crippen LogP contribution is 2.31. The van der Waals surface area contributed by atoms with Crippen molar-refractivity contribution in [2.24, 2.45) is 5.41 Å². The van der Waals surface area contributed by atoms with Crippen LogP contribution in [0, 0.1) is 5.41 Å². The third-order valence-electron chi connectivity index (χ3n) is 3.98. The molecule has 6 heteroatoms. The van der Waals surface area contributed by atoms with Gasteiger partial charge < -0.3 is 19.3 Å². The quantitative estimate of drug-likeness (QED) is 0.739. The van der Waals surface area contributed by atoms with Crippen molar-refractivity contribution in [3.05, 3.63) is 0 Å². The number of hydrogen-bond acceptors (Lipinski definition) is 5. The van der Waals surface area contributed by atoms with Gasteiger partial charge in [0.15, 0.2) is 0 Å². The first-order valence-corrected chi connectivity index (χ1v) is 6.20. The van der Waals surface area contributed by atoms with Gasteiger partial charge in [-0.25, -0.2) is 0 Å². The van der Waals surface area contributed by atoms with Gasteiger partial charge in [0.2, 0.25) is 0 Å². The average molecular weight is 259 g/mol. The Labute approximate surface area is 107 Å². The number of methoxy groups -OCH3 is 2. The fourth-order valence-electron chi connectivity index (χ4n) is 2.80. The molecule has 1 N–H and O–H groups in total. The van der Waals surface area contributed by atoms with E-state index in [0.29, 0.717) is 39.3 Å².